The fraction of sp³-hybridized carbons (Fsp3) is 0.556. The maximum absolute atomic E-state index is 8.69. The predicted octanol–water partition coefficient (Wildman–Crippen LogP) is 1.24. The molecule has 0 saturated heterocycles. The zero-order chi connectivity index (χ0) is 11.4. The summed E-state index contributed by atoms with van der Waals surface area (Å²) in [5.41, 5.74) is 6.01. The summed E-state index contributed by atoms with van der Waals surface area (Å²) in [4.78, 5) is 8.30. The molecule has 0 bridgehead atoms. The molecule has 0 unspecified atom stereocenters. The molecule has 0 spiro atoms. The lowest BCUT2D eigenvalue weighted by Gasteiger charge is -2.11. The first kappa shape index (κ1) is 12.0. The zero-order valence-electron chi connectivity index (χ0n) is 8.79. The van der Waals surface area contributed by atoms with E-state index >= 15 is 0 Å². The van der Waals surface area contributed by atoms with Gasteiger partial charge in [0, 0.05) is 12.5 Å². The molecular weight excluding hydrogens is 216 g/mol. The molecule has 0 fully saturated rings. The predicted molar refractivity (Wildman–Crippen MR) is 61.1 cm³/mol. The number of halogens is 1. The highest BCUT2D eigenvalue weighted by Crippen LogP contribution is 2.25. The highest BCUT2D eigenvalue weighted by Gasteiger charge is 2.11. The standard InChI is InChI=1S/C9H15ClN4O/c1-5(2)8-13-7(10)6(11)9(14-8)12-3-4-15/h5,15H,3-4,11H2,1-2H3,(H,12,13,14). The molecule has 1 rings (SSSR count). The number of nitrogens with zero attached hydrogens (tertiary/aromatic N) is 2. The Balaban J connectivity index is 3.02. The van der Waals surface area contributed by atoms with Gasteiger partial charge in [-0.05, 0) is 0 Å². The Kier molecular flexibility index (Phi) is 4.11. The molecule has 0 aliphatic rings. The first-order valence-corrected chi connectivity index (χ1v) is 5.11. The summed E-state index contributed by atoms with van der Waals surface area (Å²) in [6.45, 7) is 4.34. The topological polar surface area (TPSA) is 84.1 Å². The van der Waals surface area contributed by atoms with E-state index in [1.807, 2.05) is 13.8 Å². The lowest BCUT2D eigenvalue weighted by atomic mass is 10.2. The SMILES string of the molecule is CC(C)c1nc(Cl)c(N)c(NCCO)n1. The molecule has 15 heavy (non-hydrogen) atoms. The van der Waals surface area contributed by atoms with Gasteiger partial charge in [-0.15, -0.1) is 0 Å². The lowest BCUT2D eigenvalue weighted by Crippen LogP contribution is -2.12. The van der Waals surface area contributed by atoms with Crippen LogP contribution in [0.3, 0.4) is 0 Å². The summed E-state index contributed by atoms with van der Waals surface area (Å²) in [5, 5.41) is 11.8. The number of anilines is 2. The van der Waals surface area contributed by atoms with Crippen LogP contribution in [0.1, 0.15) is 25.6 Å². The molecule has 4 N–H and O–H groups in total. The van der Waals surface area contributed by atoms with Crippen molar-refractivity contribution in [1.82, 2.24) is 9.97 Å². The first-order valence-electron chi connectivity index (χ1n) is 4.74. The molecule has 0 amide bonds. The second-order valence-corrected chi connectivity index (χ2v) is 3.80. The van der Waals surface area contributed by atoms with Crippen LogP contribution in [0.25, 0.3) is 0 Å². The maximum Gasteiger partial charge on any atom is 0.157 e. The third-order valence-electron chi connectivity index (χ3n) is 1.84. The van der Waals surface area contributed by atoms with Crippen molar-refractivity contribution < 1.29 is 5.11 Å². The van der Waals surface area contributed by atoms with Crippen molar-refractivity contribution >= 4 is 23.1 Å². The number of aliphatic hydroxyl groups is 1. The van der Waals surface area contributed by atoms with E-state index in [0.717, 1.165) is 0 Å². The number of aromatic nitrogens is 2. The number of aliphatic hydroxyl groups excluding tert-OH is 1. The summed E-state index contributed by atoms with van der Waals surface area (Å²) in [6.07, 6.45) is 0. The van der Waals surface area contributed by atoms with E-state index in [4.69, 9.17) is 22.4 Å². The third kappa shape index (κ3) is 2.94. The van der Waals surface area contributed by atoms with E-state index in [2.05, 4.69) is 15.3 Å². The molecule has 0 aromatic carbocycles. The van der Waals surface area contributed by atoms with Gasteiger partial charge in [-0.1, -0.05) is 25.4 Å². The minimum absolute atomic E-state index is 0.0120. The normalized spacial score (nSPS) is 10.7. The van der Waals surface area contributed by atoms with Crippen molar-refractivity contribution in [2.45, 2.75) is 19.8 Å². The van der Waals surface area contributed by atoms with Crippen LogP contribution < -0.4 is 11.1 Å². The number of hydrogen-bond acceptors (Lipinski definition) is 5. The maximum atomic E-state index is 8.69. The second kappa shape index (κ2) is 5.14. The van der Waals surface area contributed by atoms with Crippen molar-refractivity contribution in [3.63, 3.8) is 0 Å². The number of hydrogen-bond donors (Lipinski definition) is 3. The highest BCUT2D eigenvalue weighted by atomic mass is 35.5. The van der Waals surface area contributed by atoms with E-state index in [9.17, 15) is 0 Å². The van der Waals surface area contributed by atoms with Gasteiger partial charge in [0.05, 0.1) is 6.61 Å². The van der Waals surface area contributed by atoms with Gasteiger partial charge in [-0.2, -0.15) is 0 Å². The summed E-state index contributed by atoms with van der Waals surface area (Å²) in [7, 11) is 0. The van der Waals surface area contributed by atoms with Crippen LogP contribution in [-0.4, -0.2) is 28.2 Å². The minimum Gasteiger partial charge on any atom is -0.395 e. The third-order valence-corrected chi connectivity index (χ3v) is 2.13. The van der Waals surface area contributed by atoms with Gasteiger partial charge in [0.15, 0.2) is 11.0 Å². The van der Waals surface area contributed by atoms with E-state index in [-0.39, 0.29) is 17.7 Å². The summed E-state index contributed by atoms with van der Waals surface area (Å²) >= 11 is 5.86. The van der Waals surface area contributed by atoms with Crippen molar-refractivity contribution in [2.24, 2.45) is 0 Å². The molecule has 0 aliphatic carbocycles. The molecule has 0 atom stereocenters. The minimum atomic E-state index is 0.0120. The summed E-state index contributed by atoms with van der Waals surface area (Å²) in [6, 6.07) is 0. The molecular formula is C9H15ClN4O. The Hall–Kier alpha value is -1.07. The molecule has 1 aromatic rings. The van der Waals surface area contributed by atoms with Crippen LogP contribution in [0.5, 0.6) is 0 Å². The van der Waals surface area contributed by atoms with Crippen molar-refractivity contribution in [1.29, 1.82) is 0 Å². The van der Waals surface area contributed by atoms with E-state index in [0.29, 0.717) is 23.9 Å². The Morgan fingerprint density at radius 1 is 1.47 bits per heavy atom. The molecule has 0 saturated carbocycles. The Labute approximate surface area is 93.7 Å². The van der Waals surface area contributed by atoms with Crippen molar-refractivity contribution in [2.75, 3.05) is 24.2 Å². The van der Waals surface area contributed by atoms with Crippen LogP contribution >= 0.6 is 11.6 Å². The average molecular weight is 231 g/mol. The molecule has 1 heterocycles. The van der Waals surface area contributed by atoms with Gasteiger partial charge in [0.2, 0.25) is 0 Å². The average Bonchev–Trinajstić information content (AvgIpc) is 2.19. The quantitative estimate of drug-likeness (QED) is 0.678. The molecule has 0 radical (unpaired) electrons. The lowest BCUT2D eigenvalue weighted by molar-refractivity contribution is 0.311. The fourth-order valence-electron chi connectivity index (χ4n) is 1.03. The van der Waals surface area contributed by atoms with Gasteiger partial charge in [0.25, 0.3) is 0 Å². The smallest absolute Gasteiger partial charge is 0.157 e. The Morgan fingerprint density at radius 3 is 2.67 bits per heavy atom. The second-order valence-electron chi connectivity index (χ2n) is 3.44. The van der Waals surface area contributed by atoms with Gasteiger partial charge in [0.1, 0.15) is 11.5 Å². The van der Waals surface area contributed by atoms with Crippen LogP contribution in [0.2, 0.25) is 5.15 Å². The van der Waals surface area contributed by atoms with E-state index < -0.39 is 0 Å². The molecule has 5 nitrogen and oxygen atoms in total. The fourth-order valence-corrected chi connectivity index (χ4v) is 1.20. The summed E-state index contributed by atoms with van der Waals surface area (Å²) < 4.78 is 0. The van der Waals surface area contributed by atoms with Gasteiger partial charge in [-0.3, -0.25) is 0 Å². The van der Waals surface area contributed by atoms with Crippen molar-refractivity contribution in [3.8, 4) is 0 Å². The monoisotopic (exact) mass is 230 g/mol. The number of nitrogens with two attached hydrogens (primary N) is 1. The van der Waals surface area contributed by atoms with Gasteiger partial charge in [-0.25, -0.2) is 9.97 Å². The molecule has 0 aliphatic heterocycles. The van der Waals surface area contributed by atoms with Gasteiger partial charge < -0.3 is 16.2 Å². The Morgan fingerprint density at radius 2 is 2.13 bits per heavy atom. The molecule has 1 aromatic heterocycles. The van der Waals surface area contributed by atoms with Crippen LogP contribution in [-0.2, 0) is 0 Å². The van der Waals surface area contributed by atoms with Crippen LogP contribution in [0.4, 0.5) is 11.5 Å². The first-order chi connectivity index (χ1) is 7.06. The molecule has 6 heteroatoms. The Bertz CT molecular complexity index is 343. The van der Waals surface area contributed by atoms with Gasteiger partial charge >= 0.3 is 0 Å². The van der Waals surface area contributed by atoms with Crippen LogP contribution in [0, 0.1) is 0 Å². The molecule has 84 valence electrons. The zero-order valence-corrected chi connectivity index (χ0v) is 9.54. The van der Waals surface area contributed by atoms with Crippen molar-refractivity contribution in [3.05, 3.63) is 11.0 Å². The van der Waals surface area contributed by atoms with Crippen LogP contribution in [0.15, 0.2) is 0 Å². The number of rotatable bonds is 4. The largest absolute Gasteiger partial charge is 0.395 e. The number of nitrogens with one attached hydrogen (secondary N) is 1. The number of nitrogen functional groups attached to an aromatic ring is 1. The summed E-state index contributed by atoms with van der Waals surface area (Å²) in [5.74, 6) is 1.29. The highest BCUT2D eigenvalue weighted by molar-refractivity contribution is 6.32. The van der Waals surface area contributed by atoms with E-state index in [1.165, 1.54) is 0 Å². The van der Waals surface area contributed by atoms with E-state index in [1.54, 1.807) is 0 Å².